The van der Waals surface area contributed by atoms with E-state index in [-0.39, 0.29) is 0 Å². The van der Waals surface area contributed by atoms with Crippen LogP contribution in [0.2, 0.25) is 0 Å². The van der Waals surface area contributed by atoms with Gasteiger partial charge < -0.3 is 5.32 Å². The van der Waals surface area contributed by atoms with E-state index < -0.39 is 0 Å². The Morgan fingerprint density at radius 3 is 2.71 bits per heavy atom. The fourth-order valence-corrected chi connectivity index (χ4v) is 3.58. The van der Waals surface area contributed by atoms with Gasteiger partial charge in [0.05, 0.1) is 0 Å². The van der Waals surface area contributed by atoms with Crippen molar-refractivity contribution in [2.24, 2.45) is 0 Å². The predicted octanol–water partition coefficient (Wildman–Crippen LogP) is 4.87. The summed E-state index contributed by atoms with van der Waals surface area (Å²) in [5, 5.41) is 7.86. The molecule has 88 valence electrons. The first kappa shape index (κ1) is 11.3. The second-order valence-electron chi connectivity index (χ2n) is 4.54. The summed E-state index contributed by atoms with van der Waals surface area (Å²) in [6.45, 7) is 0. The van der Waals surface area contributed by atoms with E-state index in [1.165, 1.54) is 28.6 Å². The molecule has 1 aromatic heterocycles. The minimum Gasteiger partial charge on any atom is -0.382 e. The molecule has 0 unspecified atom stereocenters. The Kier molecular flexibility index (Phi) is 3.21. The van der Waals surface area contributed by atoms with Crippen molar-refractivity contribution in [2.75, 3.05) is 5.32 Å². The Balaban J connectivity index is 1.60. The van der Waals surface area contributed by atoms with E-state index in [0.717, 1.165) is 0 Å². The van der Waals surface area contributed by atoms with E-state index >= 15 is 0 Å². The van der Waals surface area contributed by atoms with Crippen molar-refractivity contribution in [3.63, 3.8) is 0 Å². The lowest BCUT2D eigenvalue weighted by Crippen LogP contribution is -2.33. The molecule has 0 saturated heterocycles. The maximum absolute atomic E-state index is 3.63. The highest BCUT2D eigenvalue weighted by atomic mass is 79.9. The van der Waals surface area contributed by atoms with Crippen molar-refractivity contribution in [2.45, 2.75) is 24.8 Å². The van der Waals surface area contributed by atoms with Crippen molar-refractivity contribution in [1.29, 1.82) is 0 Å². The van der Waals surface area contributed by atoms with Gasteiger partial charge in [0.1, 0.15) is 0 Å². The molecule has 1 N–H and O–H groups in total. The number of hydrogen-bond donors (Lipinski definition) is 1. The lowest BCUT2D eigenvalue weighted by molar-refractivity contribution is 0.373. The number of anilines is 1. The van der Waals surface area contributed by atoms with Gasteiger partial charge in [0.25, 0.3) is 0 Å². The number of hydrogen-bond acceptors (Lipinski definition) is 2. The van der Waals surface area contributed by atoms with Gasteiger partial charge in [-0.05, 0) is 41.8 Å². The minimum absolute atomic E-state index is 0.640. The van der Waals surface area contributed by atoms with Gasteiger partial charge in [0.15, 0.2) is 0 Å². The average Bonchev–Trinajstić information content (AvgIpc) is 2.77. The Hall–Kier alpha value is -0.800. The molecule has 0 atom stereocenters. The minimum atomic E-state index is 0.640. The first-order valence-corrected chi connectivity index (χ1v) is 7.59. The molecule has 0 aliphatic heterocycles. The molecule has 1 nitrogen and oxygen atoms in total. The summed E-state index contributed by atoms with van der Waals surface area (Å²) in [7, 11) is 0. The maximum atomic E-state index is 3.63. The zero-order valence-corrected chi connectivity index (χ0v) is 11.8. The largest absolute Gasteiger partial charge is 0.382 e. The Morgan fingerprint density at radius 2 is 2.00 bits per heavy atom. The maximum Gasteiger partial charge on any atom is 0.0450 e. The summed E-state index contributed by atoms with van der Waals surface area (Å²) < 4.78 is 1.25. The fraction of sp³-hybridized carbons (Fsp3) is 0.286. The summed E-state index contributed by atoms with van der Waals surface area (Å²) >= 11 is 5.38. The Bertz CT molecular complexity index is 489. The molecule has 1 fully saturated rings. The molecule has 0 radical (unpaired) electrons. The number of rotatable bonds is 3. The third-order valence-corrected chi connectivity index (χ3v) is 4.78. The molecule has 1 aromatic carbocycles. The first-order valence-electron chi connectivity index (χ1n) is 5.86. The van der Waals surface area contributed by atoms with Crippen LogP contribution in [0.1, 0.15) is 24.3 Å². The van der Waals surface area contributed by atoms with E-state index in [9.17, 15) is 0 Å². The number of nitrogens with one attached hydrogen (secondary N) is 1. The van der Waals surface area contributed by atoms with Crippen LogP contribution in [0.4, 0.5) is 5.69 Å². The van der Waals surface area contributed by atoms with E-state index in [0.29, 0.717) is 12.0 Å². The quantitative estimate of drug-likeness (QED) is 0.853. The average molecular weight is 308 g/mol. The normalized spacial score (nSPS) is 23.1. The van der Waals surface area contributed by atoms with Gasteiger partial charge in [-0.2, -0.15) is 11.3 Å². The smallest absolute Gasteiger partial charge is 0.0450 e. The van der Waals surface area contributed by atoms with Crippen LogP contribution >= 0.6 is 27.3 Å². The van der Waals surface area contributed by atoms with Gasteiger partial charge in [-0.3, -0.25) is 0 Å². The second-order valence-corrected chi connectivity index (χ2v) is 6.18. The topological polar surface area (TPSA) is 12.0 Å². The van der Waals surface area contributed by atoms with Crippen molar-refractivity contribution in [3.05, 3.63) is 51.1 Å². The molecular formula is C14H14BrNS. The van der Waals surface area contributed by atoms with Crippen molar-refractivity contribution < 1.29 is 0 Å². The molecule has 1 aliphatic rings. The van der Waals surface area contributed by atoms with Gasteiger partial charge in [-0.1, -0.05) is 34.1 Å². The highest BCUT2D eigenvalue weighted by molar-refractivity contribution is 9.10. The van der Waals surface area contributed by atoms with Gasteiger partial charge >= 0.3 is 0 Å². The third-order valence-electron chi connectivity index (χ3n) is 3.38. The molecule has 0 amide bonds. The van der Waals surface area contributed by atoms with Crippen LogP contribution in [0, 0.1) is 0 Å². The molecule has 2 aromatic rings. The molecule has 1 aliphatic carbocycles. The van der Waals surface area contributed by atoms with E-state index in [1.807, 2.05) is 0 Å². The van der Waals surface area contributed by atoms with Crippen LogP contribution in [-0.4, -0.2) is 6.04 Å². The SMILES string of the molecule is Brc1ccccc1C1CC(Nc2ccsc2)C1. The van der Waals surface area contributed by atoms with Gasteiger partial charge in [0.2, 0.25) is 0 Å². The number of thiophene rings is 1. The standard InChI is InChI=1S/C14H14BrNS/c15-14-4-2-1-3-13(14)10-7-12(8-10)16-11-5-6-17-9-11/h1-6,9-10,12,16H,7-8H2. The van der Waals surface area contributed by atoms with Gasteiger partial charge in [-0.15, -0.1) is 0 Å². The van der Waals surface area contributed by atoms with Crippen LogP contribution in [0.15, 0.2) is 45.6 Å². The van der Waals surface area contributed by atoms with Crippen LogP contribution in [0.3, 0.4) is 0 Å². The summed E-state index contributed by atoms with van der Waals surface area (Å²) in [6, 6.07) is 11.4. The zero-order valence-electron chi connectivity index (χ0n) is 9.40. The van der Waals surface area contributed by atoms with Crippen molar-refractivity contribution in [3.8, 4) is 0 Å². The highest BCUT2D eigenvalue weighted by Crippen LogP contribution is 2.41. The van der Waals surface area contributed by atoms with Crippen LogP contribution in [0.25, 0.3) is 0 Å². The first-order chi connectivity index (χ1) is 8.33. The molecule has 1 saturated carbocycles. The number of halogens is 1. The van der Waals surface area contributed by atoms with E-state index in [1.54, 1.807) is 11.3 Å². The summed E-state index contributed by atoms with van der Waals surface area (Å²) in [4.78, 5) is 0. The summed E-state index contributed by atoms with van der Waals surface area (Å²) in [5.41, 5.74) is 2.72. The van der Waals surface area contributed by atoms with Gasteiger partial charge in [0, 0.05) is 21.6 Å². The lowest BCUT2D eigenvalue weighted by Gasteiger charge is -2.37. The highest BCUT2D eigenvalue weighted by Gasteiger charge is 2.31. The van der Waals surface area contributed by atoms with Crippen molar-refractivity contribution in [1.82, 2.24) is 0 Å². The predicted molar refractivity (Wildman–Crippen MR) is 77.8 cm³/mol. The zero-order chi connectivity index (χ0) is 11.7. The van der Waals surface area contributed by atoms with Crippen LogP contribution in [0.5, 0.6) is 0 Å². The molecule has 3 rings (SSSR count). The molecule has 1 heterocycles. The van der Waals surface area contributed by atoms with Crippen LogP contribution in [-0.2, 0) is 0 Å². The van der Waals surface area contributed by atoms with E-state index in [4.69, 9.17) is 0 Å². The van der Waals surface area contributed by atoms with E-state index in [2.05, 4.69) is 62.3 Å². The van der Waals surface area contributed by atoms with Crippen LogP contribution < -0.4 is 5.32 Å². The molecule has 0 bridgehead atoms. The molecule has 17 heavy (non-hydrogen) atoms. The molecular weight excluding hydrogens is 294 g/mol. The fourth-order valence-electron chi connectivity index (χ4n) is 2.38. The Labute approximate surface area is 114 Å². The lowest BCUT2D eigenvalue weighted by atomic mass is 9.76. The van der Waals surface area contributed by atoms with Crippen molar-refractivity contribution >= 4 is 33.0 Å². The monoisotopic (exact) mass is 307 g/mol. The Morgan fingerprint density at radius 1 is 1.18 bits per heavy atom. The summed E-state index contributed by atoms with van der Waals surface area (Å²) in [5.74, 6) is 0.710. The number of benzene rings is 1. The molecule has 3 heteroatoms. The second kappa shape index (κ2) is 4.83. The third kappa shape index (κ3) is 2.40. The van der Waals surface area contributed by atoms with Gasteiger partial charge in [-0.25, -0.2) is 0 Å². The summed E-state index contributed by atoms with van der Waals surface area (Å²) in [6.07, 6.45) is 2.47. The molecule has 0 spiro atoms.